The van der Waals surface area contributed by atoms with Gasteiger partial charge in [0.1, 0.15) is 6.10 Å². The molecule has 0 radical (unpaired) electrons. The first kappa shape index (κ1) is 17.3. The summed E-state index contributed by atoms with van der Waals surface area (Å²) in [7, 11) is 0. The summed E-state index contributed by atoms with van der Waals surface area (Å²) < 4.78 is 13.4. The Morgan fingerprint density at radius 2 is 2.19 bits per heavy atom. The standard InChI is InChI=1S/C19H16Cl2N2O3/c20-16-6-2-1-5-15(16)13-4-3-8-19(21,10-13)25-12-14-11-23-9-7-17(24)22-18(23)26-14/h1-9,14H,10-12H2/t14-,19?/m0/s1. The van der Waals surface area contributed by atoms with Crippen molar-refractivity contribution in [3.8, 4) is 6.01 Å². The minimum absolute atomic E-state index is 0.247. The number of nitrogens with zero attached hydrogens (tertiary/aromatic N) is 2. The van der Waals surface area contributed by atoms with E-state index in [1.54, 1.807) is 10.8 Å². The van der Waals surface area contributed by atoms with Gasteiger partial charge in [0.2, 0.25) is 0 Å². The van der Waals surface area contributed by atoms with E-state index in [1.807, 2.05) is 42.5 Å². The molecule has 1 unspecified atom stereocenters. The molecule has 0 bridgehead atoms. The van der Waals surface area contributed by atoms with Crippen LogP contribution in [0.1, 0.15) is 12.0 Å². The van der Waals surface area contributed by atoms with Crippen LogP contribution in [0.2, 0.25) is 5.02 Å². The maximum atomic E-state index is 11.3. The summed E-state index contributed by atoms with van der Waals surface area (Å²) in [6.07, 6.45) is 7.59. The van der Waals surface area contributed by atoms with Crippen molar-refractivity contribution in [2.75, 3.05) is 6.61 Å². The SMILES string of the molecule is O=c1ccn2c(n1)O[C@H](COC1(Cl)C=CC=C(c3ccccc3Cl)C1)C2. The molecular formula is C19H16Cl2N2O3. The quantitative estimate of drug-likeness (QED) is 0.747. The maximum Gasteiger partial charge on any atom is 0.300 e. The molecule has 0 amide bonds. The number of allylic oxidation sites excluding steroid dienone is 2. The molecule has 0 saturated carbocycles. The van der Waals surface area contributed by atoms with Gasteiger partial charge in [-0.05, 0) is 23.3 Å². The van der Waals surface area contributed by atoms with Crippen molar-refractivity contribution in [3.63, 3.8) is 0 Å². The minimum Gasteiger partial charge on any atom is -0.457 e. The van der Waals surface area contributed by atoms with Crippen molar-refractivity contribution < 1.29 is 9.47 Å². The van der Waals surface area contributed by atoms with Crippen molar-refractivity contribution in [1.82, 2.24) is 9.55 Å². The molecule has 0 spiro atoms. The van der Waals surface area contributed by atoms with Crippen LogP contribution in [0.15, 0.2) is 59.6 Å². The van der Waals surface area contributed by atoms with Crippen LogP contribution in [0.4, 0.5) is 0 Å². The van der Waals surface area contributed by atoms with E-state index in [9.17, 15) is 4.79 Å². The number of benzene rings is 1. The Hall–Kier alpha value is -2.08. The summed E-state index contributed by atoms with van der Waals surface area (Å²) >= 11 is 13.0. The summed E-state index contributed by atoms with van der Waals surface area (Å²) in [6.45, 7) is 0.841. The molecule has 1 aromatic heterocycles. The van der Waals surface area contributed by atoms with Crippen LogP contribution in [-0.4, -0.2) is 27.3 Å². The lowest BCUT2D eigenvalue weighted by Gasteiger charge is -2.29. The predicted molar refractivity (Wildman–Crippen MR) is 101 cm³/mol. The monoisotopic (exact) mass is 390 g/mol. The third kappa shape index (κ3) is 3.56. The molecule has 1 aliphatic carbocycles. The zero-order valence-corrected chi connectivity index (χ0v) is 15.3. The topological polar surface area (TPSA) is 53.4 Å². The highest BCUT2D eigenvalue weighted by Crippen LogP contribution is 2.38. The summed E-state index contributed by atoms with van der Waals surface area (Å²) in [5.41, 5.74) is 1.63. The van der Waals surface area contributed by atoms with Gasteiger partial charge in [-0.2, -0.15) is 4.98 Å². The normalized spacial score (nSPS) is 24.1. The van der Waals surface area contributed by atoms with Crippen LogP contribution in [0.25, 0.3) is 5.57 Å². The van der Waals surface area contributed by atoms with E-state index in [2.05, 4.69) is 4.98 Å². The molecule has 0 N–H and O–H groups in total. The number of hydrogen-bond donors (Lipinski definition) is 0. The van der Waals surface area contributed by atoms with E-state index in [-0.39, 0.29) is 18.3 Å². The fourth-order valence-electron chi connectivity index (χ4n) is 3.06. The maximum absolute atomic E-state index is 11.3. The van der Waals surface area contributed by atoms with Crippen molar-refractivity contribution in [3.05, 3.63) is 75.7 Å². The molecule has 1 aromatic carbocycles. The Bertz CT molecular complexity index is 954. The van der Waals surface area contributed by atoms with Crippen LogP contribution in [0.5, 0.6) is 6.01 Å². The summed E-state index contributed by atoms with van der Waals surface area (Å²) in [5, 5.41) is -0.290. The van der Waals surface area contributed by atoms with E-state index >= 15 is 0 Å². The van der Waals surface area contributed by atoms with Gasteiger partial charge < -0.3 is 9.47 Å². The third-order valence-corrected chi connectivity index (χ3v) is 5.02. The number of alkyl halides is 1. The smallest absolute Gasteiger partial charge is 0.300 e. The summed E-state index contributed by atoms with van der Waals surface area (Å²) in [6, 6.07) is 9.36. The number of aromatic nitrogens is 2. The Morgan fingerprint density at radius 1 is 1.35 bits per heavy atom. The van der Waals surface area contributed by atoms with Gasteiger partial charge in [-0.3, -0.25) is 9.36 Å². The van der Waals surface area contributed by atoms with E-state index in [4.69, 9.17) is 32.7 Å². The molecule has 0 fully saturated rings. The molecule has 2 aromatic rings. The van der Waals surface area contributed by atoms with Crippen LogP contribution in [0, 0.1) is 0 Å². The first-order valence-corrected chi connectivity index (χ1v) is 8.98. The second-order valence-corrected chi connectivity index (χ2v) is 7.29. The van der Waals surface area contributed by atoms with Crippen LogP contribution in [-0.2, 0) is 11.3 Å². The second-order valence-electron chi connectivity index (χ2n) is 6.25. The molecular weight excluding hydrogens is 375 g/mol. The average molecular weight is 391 g/mol. The van der Waals surface area contributed by atoms with Gasteiger partial charge in [0.15, 0.2) is 5.06 Å². The van der Waals surface area contributed by atoms with Gasteiger partial charge in [-0.15, -0.1) is 0 Å². The number of hydrogen-bond acceptors (Lipinski definition) is 4. The van der Waals surface area contributed by atoms with Gasteiger partial charge in [0.25, 0.3) is 11.6 Å². The molecule has 2 aliphatic rings. The molecule has 134 valence electrons. The summed E-state index contributed by atoms with van der Waals surface area (Å²) in [4.78, 5) is 15.1. The lowest BCUT2D eigenvalue weighted by molar-refractivity contribution is 0.00664. The van der Waals surface area contributed by atoms with E-state index < -0.39 is 5.06 Å². The van der Waals surface area contributed by atoms with Gasteiger partial charge in [0, 0.05) is 23.7 Å². The largest absolute Gasteiger partial charge is 0.457 e. The molecule has 7 heteroatoms. The highest BCUT2D eigenvalue weighted by Gasteiger charge is 2.32. The zero-order chi connectivity index (χ0) is 18.1. The molecule has 26 heavy (non-hydrogen) atoms. The van der Waals surface area contributed by atoms with Gasteiger partial charge >= 0.3 is 0 Å². The van der Waals surface area contributed by atoms with Gasteiger partial charge in [-0.25, -0.2) is 0 Å². The van der Waals surface area contributed by atoms with Crippen LogP contribution in [0.3, 0.4) is 0 Å². The second kappa shape index (κ2) is 6.91. The first-order chi connectivity index (χ1) is 12.5. The van der Waals surface area contributed by atoms with E-state index in [0.29, 0.717) is 24.0 Å². The van der Waals surface area contributed by atoms with Crippen LogP contribution < -0.4 is 10.3 Å². The molecule has 5 nitrogen and oxygen atoms in total. The highest BCUT2D eigenvalue weighted by atomic mass is 35.5. The summed E-state index contributed by atoms with van der Waals surface area (Å²) in [5.74, 6) is 0. The third-order valence-electron chi connectivity index (χ3n) is 4.32. The Morgan fingerprint density at radius 3 is 3.04 bits per heavy atom. The van der Waals surface area contributed by atoms with Crippen molar-refractivity contribution in [2.45, 2.75) is 24.1 Å². The molecule has 1 aliphatic heterocycles. The van der Waals surface area contributed by atoms with Crippen LogP contribution >= 0.6 is 23.2 Å². The number of rotatable bonds is 4. The van der Waals surface area contributed by atoms with Crippen molar-refractivity contribution in [2.24, 2.45) is 0 Å². The first-order valence-electron chi connectivity index (χ1n) is 8.23. The molecule has 2 atom stereocenters. The lowest BCUT2D eigenvalue weighted by Crippen LogP contribution is -2.31. The number of ether oxygens (including phenoxy) is 2. The predicted octanol–water partition coefficient (Wildman–Crippen LogP) is 3.65. The molecule has 2 heterocycles. The molecule has 0 saturated heterocycles. The Labute approximate surface area is 160 Å². The fourth-order valence-corrected chi connectivity index (χ4v) is 3.60. The minimum atomic E-state index is -0.969. The zero-order valence-electron chi connectivity index (χ0n) is 13.8. The average Bonchev–Trinajstić information content (AvgIpc) is 3.03. The number of halogens is 2. The van der Waals surface area contributed by atoms with E-state index in [0.717, 1.165) is 11.1 Å². The van der Waals surface area contributed by atoms with E-state index in [1.165, 1.54) is 6.07 Å². The Kier molecular flexibility index (Phi) is 4.61. The van der Waals surface area contributed by atoms with Crippen molar-refractivity contribution >= 4 is 28.8 Å². The highest BCUT2D eigenvalue weighted by molar-refractivity contribution is 6.32. The fraction of sp³-hybridized carbons (Fsp3) is 0.263. The Balaban J connectivity index is 1.42. The van der Waals surface area contributed by atoms with Gasteiger partial charge in [-0.1, -0.05) is 53.6 Å². The van der Waals surface area contributed by atoms with Crippen molar-refractivity contribution in [1.29, 1.82) is 0 Å². The molecule has 4 rings (SSSR count). The number of fused-ring (bicyclic) bond motifs is 1. The lowest BCUT2D eigenvalue weighted by atomic mass is 9.95. The van der Waals surface area contributed by atoms with Gasteiger partial charge in [0.05, 0.1) is 13.2 Å².